The van der Waals surface area contributed by atoms with E-state index in [0.717, 1.165) is 47.2 Å². The summed E-state index contributed by atoms with van der Waals surface area (Å²) >= 11 is 1.33. The molecular formula is C28H31N5O3S. The zero-order chi connectivity index (χ0) is 26.2. The average Bonchev–Trinajstić information content (AvgIpc) is 3.37. The molecule has 0 aliphatic heterocycles. The minimum Gasteiger partial charge on any atom is -0.497 e. The van der Waals surface area contributed by atoms with Crippen LogP contribution in [-0.2, 0) is 4.79 Å². The normalized spacial score (nSPS) is 10.7. The van der Waals surface area contributed by atoms with E-state index in [0.29, 0.717) is 11.0 Å². The van der Waals surface area contributed by atoms with Crippen molar-refractivity contribution < 1.29 is 14.3 Å². The molecule has 8 nitrogen and oxygen atoms in total. The van der Waals surface area contributed by atoms with Crippen LogP contribution in [0.2, 0.25) is 0 Å². The van der Waals surface area contributed by atoms with Crippen molar-refractivity contribution in [2.45, 2.75) is 19.0 Å². The molecule has 1 heterocycles. The number of carbonyl (C=O) groups is 1. The van der Waals surface area contributed by atoms with Crippen LogP contribution in [-0.4, -0.2) is 53.7 Å². The Morgan fingerprint density at radius 3 is 2.03 bits per heavy atom. The van der Waals surface area contributed by atoms with Crippen LogP contribution in [0, 0.1) is 0 Å². The first-order valence-corrected chi connectivity index (χ1v) is 13.1. The molecule has 1 amide bonds. The van der Waals surface area contributed by atoms with E-state index in [2.05, 4.69) is 34.3 Å². The molecule has 0 saturated carbocycles. The van der Waals surface area contributed by atoms with Crippen molar-refractivity contribution in [2.75, 3.05) is 43.3 Å². The first-order chi connectivity index (χ1) is 18.1. The maximum Gasteiger partial charge on any atom is 0.234 e. The Morgan fingerprint density at radius 2 is 1.46 bits per heavy atom. The van der Waals surface area contributed by atoms with Crippen LogP contribution in [0.25, 0.3) is 17.1 Å². The van der Waals surface area contributed by atoms with Gasteiger partial charge in [0.15, 0.2) is 11.0 Å². The van der Waals surface area contributed by atoms with Gasteiger partial charge in [0.2, 0.25) is 5.91 Å². The Balaban J connectivity index is 1.53. The molecule has 1 aromatic heterocycles. The second kappa shape index (κ2) is 12.3. The molecule has 0 bridgehead atoms. The van der Waals surface area contributed by atoms with Gasteiger partial charge in [-0.3, -0.25) is 9.36 Å². The smallest absolute Gasteiger partial charge is 0.234 e. The standard InChI is InChI=1S/C28H31N5O3S/c1-5-32(6-2)22-11-9-21(10-12-22)29-26(34)19-37-28-31-30-27(20-7-15-24(35-3)16-8-20)33(28)23-13-17-25(36-4)18-14-23/h7-18H,5-6,19H2,1-4H3,(H,29,34). The van der Waals surface area contributed by atoms with Gasteiger partial charge in [-0.05, 0) is 86.6 Å². The average molecular weight is 518 g/mol. The zero-order valence-corrected chi connectivity index (χ0v) is 22.3. The van der Waals surface area contributed by atoms with Gasteiger partial charge in [-0.2, -0.15) is 0 Å². The van der Waals surface area contributed by atoms with Crippen molar-refractivity contribution in [3.05, 3.63) is 72.8 Å². The van der Waals surface area contributed by atoms with Crippen LogP contribution in [0.5, 0.6) is 11.5 Å². The number of thioether (sulfide) groups is 1. The fraction of sp³-hybridized carbons (Fsp3) is 0.250. The Morgan fingerprint density at radius 1 is 0.865 bits per heavy atom. The summed E-state index contributed by atoms with van der Waals surface area (Å²) in [6, 6.07) is 23.2. The minimum atomic E-state index is -0.115. The van der Waals surface area contributed by atoms with Gasteiger partial charge in [-0.25, -0.2) is 0 Å². The quantitative estimate of drug-likeness (QED) is 0.262. The summed E-state index contributed by atoms with van der Waals surface area (Å²) < 4.78 is 12.5. The van der Waals surface area contributed by atoms with Gasteiger partial charge in [0.1, 0.15) is 11.5 Å². The molecule has 37 heavy (non-hydrogen) atoms. The van der Waals surface area contributed by atoms with Crippen LogP contribution >= 0.6 is 11.8 Å². The fourth-order valence-corrected chi connectivity index (χ4v) is 4.68. The first kappa shape index (κ1) is 26.1. The van der Waals surface area contributed by atoms with Gasteiger partial charge < -0.3 is 19.7 Å². The molecule has 0 unspecified atom stereocenters. The molecule has 4 rings (SSSR count). The van der Waals surface area contributed by atoms with Crippen LogP contribution in [0.3, 0.4) is 0 Å². The van der Waals surface area contributed by atoms with Gasteiger partial charge >= 0.3 is 0 Å². The molecule has 9 heteroatoms. The van der Waals surface area contributed by atoms with Crippen LogP contribution in [0.1, 0.15) is 13.8 Å². The Hall–Kier alpha value is -3.98. The molecular weight excluding hydrogens is 486 g/mol. The summed E-state index contributed by atoms with van der Waals surface area (Å²) in [5.74, 6) is 2.26. The predicted octanol–water partition coefficient (Wildman–Crippen LogP) is 5.53. The van der Waals surface area contributed by atoms with E-state index in [1.54, 1.807) is 14.2 Å². The summed E-state index contributed by atoms with van der Waals surface area (Å²) in [6.07, 6.45) is 0. The van der Waals surface area contributed by atoms with Crippen molar-refractivity contribution >= 4 is 29.0 Å². The first-order valence-electron chi connectivity index (χ1n) is 12.1. The molecule has 0 aliphatic carbocycles. The number of carbonyl (C=O) groups excluding carboxylic acids is 1. The summed E-state index contributed by atoms with van der Waals surface area (Å²) in [5, 5.41) is 12.4. The number of ether oxygens (including phenoxy) is 2. The minimum absolute atomic E-state index is 0.115. The summed E-state index contributed by atoms with van der Waals surface area (Å²) in [5.41, 5.74) is 3.65. The monoisotopic (exact) mass is 517 g/mol. The number of rotatable bonds is 11. The SMILES string of the molecule is CCN(CC)c1ccc(NC(=O)CSc2nnc(-c3ccc(OC)cc3)n2-c2ccc(OC)cc2)cc1. The third-order valence-electron chi connectivity index (χ3n) is 5.92. The fourth-order valence-electron chi connectivity index (χ4n) is 3.93. The number of amides is 1. The van der Waals surface area contributed by atoms with Crippen LogP contribution in [0.4, 0.5) is 11.4 Å². The number of nitrogens with one attached hydrogen (secondary N) is 1. The highest BCUT2D eigenvalue weighted by Gasteiger charge is 2.18. The lowest BCUT2D eigenvalue weighted by Gasteiger charge is -2.21. The maximum atomic E-state index is 12.8. The number of methoxy groups -OCH3 is 2. The number of benzene rings is 3. The van der Waals surface area contributed by atoms with Crippen molar-refractivity contribution in [3.8, 4) is 28.6 Å². The molecule has 4 aromatic rings. The number of aromatic nitrogens is 3. The molecule has 0 fully saturated rings. The van der Waals surface area contributed by atoms with Crippen molar-refractivity contribution in [1.29, 1.82) is 0 Å². The summed E-state index contributed by atoms with van der Waals surface area (Å²) in [6.45, 7) is 6.13. The van der Waals surface area contributed by atoms with Crippen molar-refractivity contribution in [1.82, 2.24) is 14.8 Å². The maximum absolute atomic E-state index is 12.8. The van der Waals surface area contributed by atoms with E-state index >= 15 is 0 Å². The van der Waals surface area contributed by atoms with Gasteiger partial charge in [0.25, 0.3) is 0 Å². The van der Waals surface area contributed by atoms with Gasteiger partial charge in [-0.15, -0.1) is 10.2 Å². The van der Waals surface area contributed by atoms with E-state index in [4.69, 9.17) is 9.47 Å². The number of hydrogen-bond donors (Lipinski definition) is 1. The molecule has 0 spiro atoms. The Labute approximate surface area is 221 Å². The third kappa shape index (κ3) is 6.24. The second-order valence-electron chi connectivity index (χ2n) is 8.12. The number of anilines is 2. The second-order valence-corrected chi connectivity index (χ2v) is 9.07. The van der Waals surface area contributed by atoms with Gasteiger partial charge in [0, 0.05) is 35.7 Å². The topological polar surface area (TPSA) is 81.5 Å². The highest BCUT2D eigenvalue weighted by Crippen LogP contribution is 2.30. The Bertz CT molecular complexity index is 1300. The molecule has 192 valence electrons. The lowest BCUT2D eigenvalue weighted by molar-refractivity contribution is -0.113. The van der Waals surface area contributed by atoms with Crippen molar-refractivity contribution in [3.63, 3.8) is 0 Å². The largest absolute Gasteiger partial charge is 0.497 e. The number of hydrogen-bond acceptors (Lipinski definition) is 7. The predicted molar refractivity (Wildman–Crippen MR) is 149 cm³/mol. The van der Waals surface area contributed by atoms with Crippen LogP contribution in [0.15, 0.2) is 78.0 Å². The lowest BCUT2D eigenvalue weighted by atomic mass is 10.2. The number of nitrogens with zero attached hydrogens (tertiary/aromatic N) is 4. The molecule has 0 saturated heterocycles. The van der Waals surface area contributed by atoms with Crippen LogP contribution < -0.4 is 19.7 Å². The third-order valence-corrected chi connectivity index (χ3v) is 6.85. The van der Waals surface area contributed by atoms with E-state index in [1.165, 1.54) is 11.8 Å². The Kier molecular flexibility index (Phi) is 8.68. The molecule has 3 aromatic carbocycles. The molecule has 1 N–H and O–H groups in total. The van der Waals surface area contributed by atoms with Gasteiger partial charge in [0.05, 0.1) is 20.0 Å². The lowest BCUT2D eigenvalue weighted by Crippen LogP contribution is -2.21. The highest BCUT2D eigenvalue weighted by atomic mass is 32.2. The van der Waals surface area contributed by atoms with E-state index in [1.807, 2.05) is 77.4 Å². The molecule has 0 aliphatic rings. The van der Waals surface area contributed by atoms with Crippen molar-refractivity contribution in [2.24, 2.45) is 0 Å². The summed E-state index contributed by atoms with van der Waals surface area (Å²) in [4.78, 5) is 15.0. The molecule has 0 radical (unpaired) electrons. The zero-order valence-electron chi connectivity index (χ0n) is 21.5. The highest BCUT2D eigenvalue weighted by molar-refractivity contribution is 7.99. The van der Waals surface area contributed by atoms with E-state index in [9.17, 15) is 4.79 Å². The summed E-state index contributed by atoms with van der Waals surface area (Å²) in [7, 11) is 3.27. The van der Waals surface area contributed by atoms with E-state index in [-0.39, 0.29) is 11.7 Å². The van der Waals surface area contributed by atoms with Gasteiger partial charge in [-0.1, -0.05) is 11.8 Å². The molecule has 0 atom stereocenters. The van der Waals surface area contributed by atoms with E-state index < -0.39 is 0 Å².